The Morgan fingerprint density at radius 1 is 1.14 bits per heavy atom. The van der Waals surface area contributed by atoms with Crippen LogP contribution in [-0.2, 0) is 11.3 Å². The number of carbonyl (C=O) groups excluding carboxylic acids is 1. The molecule has 1 saturated heterocycles. The zero-order chi connectivity index (χ0) is 20.4. The third-order valence-electron chi connectivity index (χ3n) is 6.14. The third-order valence-corrected chi connectivity index (χ3v) is 6.14. The molecule has 0 bridgehead atoms. The number of benzene rings is 2. The van der Waals surface area contributed by atoms with E-state index < -0.39 is 0 Å². The summed E-state index contributed by atoms with van der Waals surface area (Å²) in [6.45, 7) is 9.23. The first-order valence-electron chi connectivity index (χ1n) is 10.8. The van der Waals surface area contributed by atoms with Crippen molar-refractivity contribution in [1.29, 1.82) is 0 Å². The van der Waals surface area contributed by atoms with Gasteiger partial charge >= 0.3 is 0 Å². The van der Waals surface area contributed by atoms with Crippen LogP contribution in [0, 0.1) is 12.8 Å². The number of hydrogen-bond acceptors (Lipinski definition) is 3. The van der Waals surface area contributed by atoms with E-state index in [1.807, 2.05) is 18.2 Å². The zero-order valence-corrected chi connectivity index (χ0v) is 17.8. The molecule has 4 nitrogen and oxygen atoms in total. The Bertz CT molecular complexity index is 869. The lowest BCUT2D eigenvalue weighted by Gasteiger charge is -2.39. The summed E-state index contributed by atoms with van der Waals surface area (Å²) in [5.41, 5.74) is 3.48. The van der Waals surface area contributed by atoms with E-state index in [4.69, 9.17) is 4.74 Å². The fourth-order valence-corrected chi connectivity index (χ4v) is 4.64. The van der Waals surface area contributed by atoms with Crippen molar-refractivity contribution in [2.24, 2.45) is 5.92 Å². The van der Waals surface area contributed by atoms with E-state index in [0.29, 0.717) is 0 Å². The minimum Gasteiger partial charge on any atom is -0.487 e. The van der Waals surface area contributed by atoms with E-state index in [-0.39, 0.29) is 23.5 Å². The number of fused-ring (bicyclic) bond motifs is 1. The molecule has 4 rings (SSSR count). The molecule has 0 spiro atoms. The van der Waals surface area contributed by atoms with Crippen molar-refractivity contribution in [2.45, 2.75) is 58.2 Å². The average Bonchev–Trinajstić information content (AvgIpc) is 2.67. The number of nitrogens with zero attached hydrogens (tertiary/aromatic N) is 1. The van der Waals surface area contributed by atoms with Gasteiger partial charge in [0.25, 0.3) is 0 Å². The predicted molar refractivity (Wildman–Crippen MR) is 116 cm³/mol. The Kier molecular flexibility index (Phi) is 5.64. The second-order valence-corrected chi connectivity index (χ2v) is 9.20. The smallest absolute Gasteiger partial charge is 0.223 e. The van der Waals surface area contributed by atoms with E-state index in [0.717, 1.165) is 50.2 Å². The van der Waals surface area contributed by atoms with Gasteiger partial charge in [0.15, 0.2) is 0 Å². The lowest BCUT2D eigenvalue weighted by atomic mass is 9.88. The number of para-hydroxylation sites is 1. The summed E-state index contributed by atoms with van der Waals surface area (Å²) in [6.07, 6.45) is 2.64. The summed E-state index contributed by atoms with van der Waals surface area (Å²) >= 11 is 0. The largest absolute Gasteiger partial charge is 0.487 e. The van der Waals surface area contributed by atoms with Gasteiger partial charge in [0.05, 0.1) is 6.04 Å². The van der Waals surface area contributed by atoms with Gasteiger partial charge in [0, 0.05) is 24.4 Å². The molecule has 154 valence electrons. The van der Waals surface area contributed by atoms with E-state index in [1.54, 1.807) is 0 Å². The highest BCUT2D eigenvalue weighted by Gasteiger charge is 2.35. The number of nitrogens with one attached hydrogen (secondary N) is 1. The van der Waals surface area contributed by atoms with E-state index in [1.165, 1.54) is 11.1 Å². The highest BCUT2D eigenvalue weighted by Crippen LogP contribution is 2.39. The Hall–Kier alpha value is -2.33. The van der Waals surface area contributed by atoms with Crippen molar-refractivity contribution in [1.82, 2.24) is 10.2 Å². The second-order valence-electron chi connectivity index (χ2n) is 9.20. The Balaban J connectivity index is 1.34. The van der Waals surface area contributed by atoms with Crippen LogP contribution in [0.15, 0.2) is 48.5 Å². The summed E-state index contributed by atoms with van der Waals surface area (Å²) in [6, 6.07) is 16.8. The number of amides is 1. The van der Waals surface area contributed by atoms with Gasteiger partial charge in [-0.15, -0.1) is 0 Å². The fraction of sp³-hybridized carbons (Fsp3) is 0.480. The summed E-state index contributed by atoms with van der Waals surface area (Å²) in [5, 5.41) is 3.33. The van der Waals surface area contributed by atoms with Gasteiger partial charge in [-0.1, -0.05) is 48.0 Å². The van der Waals surface area contributed by atoms with Gasteiger partial charge in [-0.25, -0.2) is 0 Å². The quantitative estimate of drug-likeness (QED) is 0.825. The molecule has 4 heteroatoms. The van der Waals surface area contributed by atoms with Crippen LogP contribution in [-0.4, -0.2) is 29.5 Å². The summed E-state index contributed by atoms with van der Waals surface area (Å²) in [5.74, 6) is 1.18. The molecule has 29 heavy (non-hydrogen) atoms. The van der Waals surface area contributed by atoms with Crippen molar-refractivity contribution in [2.75, 3.05) is 13.1 Å². The van der Waals surface area contributed by atoms with E-state index >= 15 is 0 Å². The first kappa shape index (κ1) is 20.0. The standard InChI is InChI=1S/C25H32N2O2/c1-18-7-6-8-19(15-18)17-27-13-11-20(12-14-27)24(28)26-22-16-25(2,3)29-23-10-5-4-9-21(22)23/h4-10,15,20,22H,11-14,16-17H2,1-3H3,(H,26,28). The third kappa shape index (κ3) is 4.81. The van der Waals surface area contributed by atoms with Gasteiger partial charge < -0.3 is 10.1 Å². The molecule has 0 saturated carbocycles. The van der Waals surface area contributed by atoms with Crippen LogP contribution in [0.4, 0.5) is 0 Å². The molecule has 1 N–H and O–H groups in total. The molecule has 1 amide bonds. The van der Waals surface area contributed by atoms with Gasteiger partial charge in [0.1, 0.15) is 11.4 Å². The number of likely N-dealkylation sites (tertiary alicyclic amines) is 1. The number of piperidine rings is 1. The Morgan fingerprint density at radius 3 is 2.66 bits per heavy atom. The molecule has 0 aliphatic carbocycles. The minimum absolute atomic E-state index is 0.0211. The van der Waals surface area contributed by atoms with Crippen LogP contribution in [0.2, 0.25) is 0 Å². The molecular formula is C25H32N2O2. The maximum absolute atomic E-state index is 13.0. The SMILES string of the molecule is Cc1cccc(CN2CCC(C(=O)NC3CC(C)(C)Oc4ccccc43)CC2)c1. The van der Waals surface area contributed by atoms with Crippen LogP contribution in [0.3, 0.4) is 0 Å². The highest BCUT2D eigenvalue weighted by molar-refractivity contribution is 5.79. The first-order chi connectivity index (χ1) is 13.9. The van der Waals surface area contributed by atoms with Crippen molar-refractivity contribution < 1.29 is 9.53 Å². The van der Waals surface area contributed by atoms with Gasteiger partial charge in [0.2, 0.25) is 5.91 Å². The zero-order valence-electron chi connectivity index (χ0n) is 17.8. The monoisotopic (exact) mass is 392 g/mol. The maximum atomic E-state index is 13.0. The van der Waals surface area contributed by atoms with Crippen LogP contribution in [0.25, 0.3) is 0 Å². The average molecular weight is 393 g/mol. The summed E-state index contributed by atoms with van der Waals surface area (Å²) < 4.78 is 6.10. The molecule has 2 heterocycles. The fourth-order valence-electron chi connectivity index (χ4n) is 4.64. The van der Waals surface area contributed by atoms with Crippen LogP contribution >= 0.6 is 0 Å². The molecular weight excluding hydrogens is 360 g/mol. The molecule has 2 aliphatic heterocycles. The lowest BCUT2D eigenvalue weighted by Crippen LogP contribution is -2.45. The predicted octanol–water partition coefficient (Wildman–Crippen LogP) is 4.63. The number of hydrogen-bond donors (Lipinski definition) is 1. The molecule has 1 atom stereocenters. The van der Waals surface area contributed by atoms with Crippen molar-refractivity contribution in [3.05, 3.63) is 65.2 Å². The summed E-state index contributed by atoms with van der Waals surface area (Å²) in [7, 11) is 0. The van der Waals surface area contributed by atoms with Crippen molar-refractivity contribution >= 4 is 5.91 Å². The molecule has 2 aromatic rings. The van der Waals surface area contributed by atoms with Crippen LogP contribution in [0.5, 0.6) is 5.75 Å². The topological polar surface area (TPSA) is 41.6 Å². The molecule has 1 fully saturated rings. The van der Waals surface area contributed by atoms with Crippen molar-refractivity contribution in [3.63, 3.8) is 0 Å². The van der Waals surface area contributed by atoms with Crippen LogP contribution in [0.1, 0.15) is 55.8 Å². The Morgan fingerprint density at radius 2 is 1.90 bits per heavy atom. The van der Waals surface area contributed by atoms with E-state index in [9.17, 15) is 4.79 Å². The van der Waals surface area contributed by atoms with Gasteiger partial charge in [-0.2, -0.15) is 0 Å². The molecule has 0 radical (unpaired) electrons. The highest BCUT2D eigenvalue weighted by atomic mass is 16.5. The summed E-state index contributed by atoms with van der Waals surface area (Å²) in [4.78, 5) is 15.5. The van der Waals surface area contributed by atoms with E-state index in [2.05, 4.69) is 61.3 Å². The van der Waals surface area contributed by atoms with Gasteiger partial charge in [-0.05, 0) is 58.3 Å². The number of carbonyl (C=O) groups is 1. The molecule has 2 aliphatic rings. The molecule has 1 unspecified atom stereocenters. The van der Waals surface area contributed by atoms with Crippen LogP contribution < -0.4 is 10.1 Å². The normalized spacial score (nSPS) is 21.8. The Labute approximate surface area is 174 Å². The molecule has 0 aromatic heterocycles. The lowest BCUT2D eigenvalue weighted by molar-refractivity contribution is -0.127. The minimum atomic E-state index is -0.274. The number of rotatable bonds is 4. The van der Waals surface area contributed by atoms with Gasteiger partial charge in [-0.3, -0.25) is 9.69 Å². The number of ether oxygens (including phenoxy) is 1. The second kappa shape index (κ2) is 8.19. The maximum Gasteiger partial charge on any atom is 0.223 e. The molecule has 2 aromatic carbocycles. The van der Waals surface area contributed by atoms with Crippen molar-refractivity contribution in [3.8, 4) is 5.75 Å². The first-order valence-corrected chi connectivity index (χ1v) is 10.8. The number of aryl methyl sites for hydroxylation is 1.